The van der Waals surface area contributed by atoms with Gasteiger partial charge in [-0.2, -0.15) is 0 Å². The van der Waals surface area contributed by atoms with Crippen molar-refractivity contribution in [1.29, 1.82) is 0 Å². The van der Waals surface area contributed by atoms with Gasteiger partial charge in [0.2, 0.25) is 0 Å². The first kappa shape index (κ1) is 14.6. The van der Waals surface area contributed by atoms with Crippen LogP contribution in [0.5, 0.6) is 0 Å². The summed E-state index contributed by atoms with van der Waals surface area (Å²) in [5.74, 6) is -0.0872. The van der Waals surface area contributed by atoms with Gasteiger partial charge >= 0.3 is 5.97 Å². The van der Waals surface area contributed by atoms with Crippen LogP contribution >= 0.6 is 0 Å². The summed E-state index contributed by atoms with van der Waals surface area (Å²) < 4.78 is 7.10. The van der Waals surface area contributed by atoms with E-state index in [1.165, 1.54) is 0 Å². The highest BCUT2D eigenvalue weighted by molar-refractivity contribution is 6.01. The largest absolute Gasteiger partial charge is 0.462 e. The van der Waals surface area contributed by atoms with Gasteiger partial charge in [0.15, 0.2) is 0 Å². The summed E-state index contributed by atoms with van der Waals surface area (Å²) in [5, 5.41) is 3.91. The zero-order valence-corrected chi connectivity index (χ0v) is 13.1. The fraction of sp³-hybridized carbons (Fsp3) is 0.412. The number of ether oxygens (including phenoxy) is 1. The lowest BCUT2D eigenvalue weighted by Crippen LogP contribution is -2.26. The normalized spacial score (nSPS) is 21.1. The number of nitrogens with one attached hydrogen (secondary N) is 1. The molecule has 5 nitrogen and oxygen atoms in total. The number of esters is 1. The van der Waals surface area contributed by atoms with Gasteiger partial charge in [0.1, 0.15) is 5.69 Å². The molecule has 2 aromatic rings. The molecule has 5 heteroatoms. The second-order valence-electron chi connectivity index (χ2n) is 5.82. The van der Waals surface area contributed by atoms with Crippen LogP contribution in [0.3, 0.4) is 0 Å². The van der Waals surface area contributed by atoms with Crippen molar-refractivity contribution in [2.45, 2.75) is 26.8 Å². The SMILES string of the molecule is CCOC(=O)c1ccc2cc3n(c2c1)[C@H](C)[C@@H](C)CNC3=O. The molecular weight excluding hydrogens is 280 g/mol. The van der Waals surface area contributed by atoms with E-state index in [-0.39, 0.29) is 17.9 Å². The number of aromatic nitrogens is 1. The maximum atomic E-state index is 12.3. The van der Waals surface area contributed by atoms with Gasteiger partial charge in [-0.15, -0.1) is 0 Å². The summed E-state index contributed by atoms with van der Waals surface area (Å²) in [7, 11) is 0. The highest BCUT2D eigenvalue weighted by atomic mass is 16.5. The van der Waals surface area contributed by atoms with Gasteiger partial charge in [0.25, 0.3) is 5.91 Å². The number of hydrogen-bond acceptors (Lipinski definition) is 3. The number of fused-ring (bicyclic) bond motifs is 3. The van der Waals surface area contributed by atoms with Gasteiger partial charge in [0, 0.05) is 23.5 Å². The molecule has 2 atom stereocenters. The number of rotatable bonds is 2. The quantitative estimate of drug-likeness (QED) is 0.868. The van der Waals surface area contributed by atoms with Crippen LogP contribution in [0.2, 0.25) is 0 Å². The molecule has 0 saturated heterocycles. The molecule has 1 amide bonds. The summed E-state index contributed by atoms with van der Waals surface area (Å²) in [6.45, 7) is 7.00. The third-order valence-electron chi connectivity index (χ3n) is 4.40. The fourth-order valence-electron chi connectivity index (χ4n) is 2.95. The van der Waals surface area contributed by atoms with E-state index in [9.17, 15) is 9.59 Å². The minimum atomic E-state index is -0.335. The van der Waals surface area contributed by atoms with Gasteiger partial charge in [0.05, 0.1) is 12.2 Å². The van der Waals surface area contributed by atoms with Crippen molar-refractivity contribution in [3.05, 3.63) is 35.5 Å². The first-order valence-corrected chi connectivity index (χ1v) is 7.63. The van der Waals surface area contributed by atoms with Crippen LogP contribution in [0, 0.1) is 5.92 Å². The maximum Gasteiger partial charge on any atom is 0.338 e. The van der Waals surface area contributed by atoms with E-state index in [0.717, 1.165) is 10.9 Å². The van der Waals surface area contributed by atoms with Crippen LogP contribution in [0.4, 0.5) is 0 Å². The molecule has 3 rings (SSSR count). The average Bonchev–Trinajstić information content (AvgIpc) is 2.85. The Hall–Kier alpha value is -2.30. The van der Waals surface area contributed by atoms with Crippen LogP contribution in [0.1, 0.15) is 47.7 Å². The standard InChI is InChI=1S/C17H20N2O3/c1-4-22-17(21)13-6-5-12-7-15-16(20)18-9-10(2)11(3)19(15)14(12)8-13/h5-8,10-11H,4,9H2,1-3H3,(H,18,20)/t10-,11+/m0/s1. The predicted molar refractivity (Wildman–Crippen MR) is 84.1 cm³/mol. The number of nitrogens with zero attached hydrogens (tertiary/aromatic N) is 1. The first-order valence-electron chi connectivity index (χ1n) is 7.63. The Morgan fingerprint density at radius 2 is 2.14 bits per heavy atom. The van der Waals surface area contributed by atoms with Gasteiger partial charge in [-0.05, 0) is 38.0 Å². The molecule has 1 aliphatic heterocycles. The van der Waals surface area contributed by atoms with E-state index in [2.05, 4.69) is 19.2 Å². The van der Waals surface area contributed by atoms with Crippen molar-refractivity contribution < 1.29 is 14.3 Å². The Labute approximate surface area is 129 Å². The molecule has 0 saturated carbocycles. The Bertz CT molecular complexity index is 748. The minimum Gasteiger partial charge on any atom is -0.462 e. The maximum absolute atomic E-state index is 12.3. The molecule has 1 N–H and O–H groups in total. The van der Waals surface area contributed by atoms with Gasteiger partial charge in [-0.1, -0.05) is 13.0 Å². The Morgan fingerprint density at radius 3 is 2.86 bits per heavy atom. The molecule has 0 bridgehead atoms. The topological polar surface area (TPSA) is 60.3 Å². The summed E-state index contributed by atoms with van der Waals surface area (Å²) in [4.78, 5) is 24.2. The number of amides is 1. The van der Waals surface area contributed by atoms with Crippen molar-refractivity contribution >= 4 is 22.8 Å². The van der Waals surface area contributed by atoms with E-state index in [1.807, 2.05) is 22.8 Å². The van der Waals surface area contributed by atoms with Crippen molar-refractivity contribution in [3.63, 3.8) is 0 Å². The predicted octanol–water partition coefficient (Wildman–Crippen LogP) is 2.76. The fourth-order valence-corrected chi connectivity index (χ4v) is 2.95. The molecule has 1 aromatic heterocycles. The van der Waals surface area contributed by atoms with Crippen molar-refractivity contribution in [2.75, 3.05) is 13.2 Å². The van der Waals surface area contributed by atoms with E-state index in [1.54, 1.807) is 13.0 Å². The van der Waals surface area contributed by atoms with Gasteiger partial charge in [-0.25, -0.2) is 4.79 Å². The van der Waals surface area contributed by atoms with E-state index < -0.39 is 0 Å². The van der Waals surface area contributed by atoms with Crippen LogP contribution < -0.4 is 5.32 Å². The van der Waals surface area contributed by atoms with Crippen LogP contribution in [-0.4, -0.2) is 29.6 Å². The molecule has 0 radical (unpaired) electrons. The molecule has 0 aliphatic carbocycles. The lowest BCUT2D eigenvalue weighted by Gasteiger charge is -2.20. The lowest BCUT2D eigenvalue weighted by atomic mass is 10.0. The molecule has 2 heterocycles. The van der Waals surface area contributed by atoms with Crippen LogP contribution in [0.25, 0.3) is 10.9 Å². The number of benzene rings is 1. The lowest BCUT2D eigenvalue weighted by molar-refractivity contribution is 0.0526. The number of carbonyl (C=O) groups is 2. The molecule has 116 valence electrons. The van der Waals surface area contributed by atoms with Crippen LogP contribution in [0.15, 0.2) is 24.3 Å². The molecule has 0 spiro atoms. The van der Waals surface area contributed by atoms with Crippen molar-refractivity contribution in [1.82, 2.24) is 9.88 Å². The molecule has 22 heavy (non-hydrogen) atoms. The summed E-state index contributed by atoms with van der Waals surface area (Å²) in [5.41, 5.74) is 2.06. The molecular formula is C17H20N2O3. The molecule has 1 aliphatic rings. The summed E-state index contributed by atoms with van der Waals surface area (Å²) in [6.07, 6.45) is 0. The van der Waals surface area contributed by atoms with E-state index in [4.69, 9.17) is 4.74 Å². The number of hydrogen-bond donors (Lipinski definition) is 1. The van der Waals surface area contributed by atoms with Crippen molar-refractivity contribution in [3.8, 4) is 0 Å². The van der Waals surface area contributed by atoms with Gasteiger partial charge < -0.3 is 14.6 Å². The first-order chi connectivity index (χ1) is 10.5. The molecule has 0 unspecified atom stereocenters. The summed E-state index contributed by atoms with van der Waals surface area (Å²) in [6, 6.07) is 7.48. The number of carbonyl (C=O) groups excluding carboxylic acids is 2. The van der Waals surface area contributed by atoms with Crippen LogP contribution in [-0.2, 0) is 4.74 Å². The minimum absolute atomic E-state index is 0.0647. The Kier molecular flexibility index (Phi) is 3.64. The third kappa shape index (κ3) is 2.26. The average molecular weight is 300 g/mol. The smallest absolute Gasteiger partial charge is 0.338 e. The monoisotopic (exact) mass is 300 g/mol. The van der Waals surface area contributed by atoms with Gasteiger partial charge in [-0.3, -0.25) is 4.79 Å². The van der Waals surface area contributed by atoms with E-state index in [0.29, 0.717) is 30.3 Å². The Morgan fingerprint density at radius 1 is 1.36 bits per heavy atom. The zero-order valence-electron chi connectivity index (χ0n) is 13.1. The third-order valence-corrected chi connectivity index (χ3v) is 4.40. The second-order valence-corrected chi connectivity index (χ2v) is 5.82. The Balaban J connectivity index is 2.18. The zero-order chi connectivity index (χ0) is 15.9. The second kappa shape index (κ2) is 5.48. The highest BCUT2D eigenvalue weighted by Gasteiger charge is 2.27. The molecule has 1 aromatic carbocycles. The molecule has 0 fully saturated rings. The highest BCUT2D eigenvalue weighted by Crippen LogP contribution is 2.30. The van der Waals surface area contributed by atoms with Crippen molar-refractivity contribution in [2.24, 2.45) is 5.92 Å². The summed E-state index contributed by atoms with van der Waals surface area (Å²) >= 11 is 0. The van der Waals surface area contributed by atoms with E-state index >= 15 is 0 Å².